The van der Waals surface area contributed by atoms with Gasteiger partial charge in [0.05, 0.1) is 11.4 Å². The number of nitrogens with one attached hydrogen (secondary N) is 1. The average molecular weight is 275 g/mol. The first-order chi connectivity index (χ1) is 9.32. The van der Waals surface area contributed by atoms with Gasteiger partial charge >= 0.3 is 0 Å². The Morgan fingerprint density at radius 2 is 1.90 bits per heavy atom. The van der Waals surface area contributed by atoms with Gasteiger partial charge in [-0.3, -0.25) is 19.5 Å². The Hall–Kier alpha value is -1.91. The Balaban J connectivity index is 2.52. The van der Waals surface area contributed by atoms with Crippen LogP contribution in [0.4, 0.5) is 5.69 Å². The Morgan fingerprint density at radius 3 is 2.45 bits per heavy atom. The molecule has 2 unspecified atom stereocenters. The van der Waals surface area contributed by atoms with E-state index in [0.717, 1.165) is 17.1 Å². The summed E-state index contributed by atoms with van der Waals surface area (Å²) in [5.74, 6) is -0.156. The number of carbonyl (C=O) groups excluding carboxylic acids is 2. The summed E-state index contributed by atoms with van der Waals surface area (Å²) >= 11 is 0. The lowest BCUT2D eigenvalue weighted by Crippen LogP contribution is -2.64. The highest BCUT2D eigenvalue weighted by atomic mass is 16.2. The molecule has 0 aromatic carbocycles. The van der Waals surface area contributed by atoms with Crippen LogP contribution in [0.2, 0.25) is 0 Å². The van der Waals surface area contributed by atoms with E-state index in [1.807, 2.05) is 39.8 Å². The first-order valence-corrected chi connectivity index (χ1v) is 6.90. The molecule has 0 aliphatic carbocycles. The lowest BCUT2D eigenvalue weighted by molar-refractivity contribution is -0.134. The minimum absolute atomic E-state index is 0.0344. The maximum atomic E-state index is 12.5. The molecule has 2 rings (SSSR count). The molecular weight excluding hydrogens is 254 g/mol. The van der Waals surface area contributed by atoms with Crippen LogP contribution in [0, 0.1) is 19.8 Å². The molecule has 5 nitrogen and oxygen atoms in total. The number of nitrogens with zero attached hydrogens (tertiary/aromatic N) is 2. The second-order valence-electron chi connectivity index (χ2n) is 5.68. The van der Waals surface area contributed by atoms with Crippen molar-refractivity contribution >= 4 is 17.5 Å². The number of piperazine rings is 1. The van der Waals surface area contributed by atoms with Gasteiger partial charge < -0.3 is 5.32 Å². The van der Waals surface area contributed by atoms with Crippen LogP contribution in [0.3, 0.4) is 0 Å². The second-order valence-corrected chi connectivity index (χ2v) is 5.68. The standard InChI is InChI=1S/C15H21N3O2/c1-8(2)13-14(19)17-11(5)15(20)18(13)12-7-6-9(3)16-10(12)4/h6-8,11,13H,1-5H3,(H,17,19). The largest absolute Gasteiger partial charge is 0.343 e. The third-order valence-corrected chi connectivity index (χ3v) is 3.60. The molecule has 1 aliphatic heterocycles. The van der Waals surface area contributed by atoms with Crippen LogP contribution in [-0.4, -0.2) is 28.9 Å². The van der Waals surface area contributed by atoms with Gasteiger partial charge in [0.25, 0.3) is 0 Å². The van der Waals surface area contributed by atoms with Crippen LogP contribution >= 0.6 is 0 Å². The normalized spacial score (nSPS) is 23.2. The first kappa shape index (κ1) is 14.5. The fraction of sp³-hybridized carbons (Fsp3) is 0.533. The quantitative estimate of drug-likeness (QED) is 0.891. The fourth-order valence-corrected chi connectivity index (χ4v) is 2.63. The summed E-state index contributed by atoms with van der Waals surface area (Å²) < 4.78 is 0. The van der Waals surface area contributed by atoms with Gasteiger partial charge in [-0.2, -0.15) is 0 Å². The zero-order chi connectivity index (χ0) is 15.0. The summed E-state index contributed by atoms with van der Waals surface area (Å²) in [7, 11) is 0. The van der Waals surface area contributed by atoms with Crippen molar-refractivity contribution in [3.05, 3.63) is 23.5 Å². The third kappa shape index (κ3) is 2.40. The number of carbonyl (C=O) groups is 2. The SMILES string of the molecule is Cc1ccc(N2C(=O)C(C)NC(=O)C2C(C)C)c(C)n1. The summed E-state index contributed by atoms with van der Waals surface area (Å²) in [4.78, 5) is 30.7. The molecule has 1 aromatic heterocycles. The Bertz CT molecular complexity index is 554. The monoisotopic (exact) mass is 275 g/mol. The molecule has 0 radical (unpaired) electrons. The highest BCUT2D eigenvalue weighted by molar-refractivity contribution is 6.08. The Kier molecular flexibility index (Phi) is 3.79. The molecule has 2 amide bonds. The molecule has 0 spiro atoms. The molecule has 108 valence electrons. The number of rotatable bonds is 2. The molecule has 2 heterocycles. The van der Waals surface area contributed by atoms with E-state index in [1.165, 1.54) is 0 Å². The molecular formula is C15H21N3O2. The van der Waals surface area contributed by atoms with E-state index in [1.54, 1.807) is 11.8 Å². The summed E-state index contributed by atoms with van der Waals surface area (Å²) in [5.41, 5.74) is 2.39. The molecule has 2 atom stereocenters. The number of amides is 2. The number of hydrogen-bond acceptors (Lipinski definition) is 3. The van der Waals surface area contributed by atoms with Crippen LogP contribution in [0.15, 0.2) is 12.1 Å². The van der Waals surface area contributed by atoms with E-state index in [4.69, 9.17) is 0 Å². The van der Waals surface area contributed by atoms with Crippen LogP contribution < -0.4 is 10.2 Å². The van der Waals surface area contributed by atoms with Crippen LogP contribution in [-0.2, 0) is 9.59 Å². The van der Waals surface area contributed by atoms with Gasteiger partial charge in [-0.15, -0.1) is 0 Å². The predicted molar refractivity (Wildman–Crippen MR) is 77.4 cm³/mol. The minimum Gasteiger partial charge on any atom is -0.343 e. The lowest BCUT2D eigenvalue weighted by atomic mass is 9.96. The van der Waals surface area contributed by atoms with Crippen molar-refractivity contribution in [1.82, 2.24) is 10.3 Å². The molecule has 0 bridgehead atoms. The maximum absolute atomic E-state index is 12.5. The number of pyridine rings is 1. The molecule has 1 saturated heterocycles. The summed E-state index contributed by atoms with van der Waals surface area (Å²) in [6.07, 6.45) is 0. The molecule has 20 heavy (non-hydrogen) atoms. The Morgan fingerprint density at radius 1 is 1.25 bits per heavy atom. The third-order valence-electron chi connectivity index (χ3n) is 3.60. The number of hydrogen-bond donors (Lipinski definition) is 1. The van der Waals surface area contributed by atoms with Gasteiger partial charge in [-0.25, -0.2) is 0 Å². The molecule has 1 N–H and O–H groups in total. The van der Waals surface area contributed by atoms with Crippen molar-refractivity contribution in [3.8, 4) is 0 Å². The number of anilines is 1. The van der Waals surface area contributed by atoms with Gasteiger partial charge in [0.2, 0.25) is 11.8 Å². The fourth-order valence-electron chi connectivity index (χ4n) is 2.63. The van der Waals surface area contributed by atoms with Crippen LogP contribution in [0.5, 0.6) is 0 Å². The highest BCUT2D eigenvalue weighted by Gasteiger charge is 2.41. The van der Waals surface area contributed by atoms with E-state index in [2.05, 4.69) is 10.3 Å². The Labute approximate surface area is 119 Å². The van der Waals surface area contributed by atoms with Crippen molar-refractivity contribution in [1.29, 1.82) is 0 Å². The predicted octanol–water partition coefficient (Wildman–Crippen LogP) is 1.57. The second kappa shape index (κ2) is 5.23. The summed E-state index contributed by atoms with van der Waals surface area (Å²) in [6, 6.07) is 2.75. The first-order valence-electron chi connectivity index (χ1n) is 6.90. The lowest BCUT2D eigenvalue weighted by Gasteiger charge is -2.40. The molecule has 1 aromatic rings. The van der Waals surface area contributed by atoms with E-state index < -0.39 is 12.1 Å². The molecule has 0 saturated carbocycles. The van der Waals surface area contributed by atoms with E-state index in [9.17, 15) is 9.59 Å². The molecule has 1 fully saturated rings. The van der Waals surface area contributed by atoms with Crippen molar-refractivity contribution in [2.45, 2.75) is 46.7 Å². The zero-order valence-electron chi connectivity index (χ0n) is 12.6. The number of aryl methyl sites for hydroxylation is 2. The topological polar surface area (TPSA) is 62.3 Å². The van der Waals surface area contributed by atoms with Crippen molar-refractivity contribution in [2.75, 3.05) is 4.90 Å². The van der Waals surface area contributed by atoms with E-state index in [-0.39, 0.29) is 17.7 Å². The smallest absolute Gasteiger partial charge is 0.250 e. The van der Waals surface area contributed by atoms with Gasteiger partial charge in [0, 0.05) is 5.69 Å². The maximum Gasteiger partial charge on any atom is 0.250 e. The van der Waals surface area contributed by atoms with Crippen LogP contribution in [0.1, 0.15) is 32.2 Å². The zero-order valence-corrected chi connectivity index (χ0v) is 12.6. The minimum atomic E-state index is -0.502. The average Bonchev–Trinajstić information content (AvgIpc) is 2.33. The van der Waals surface area contributed by atoms with Crippen molar-refractivity contribution < 1.29 is 9.59 Å². The van der Waals surface area contributed by atoms with Gasteiger partial charge in [-0.1, -0.05) is 13.8 Å². The van der Waals surface area contributed by atoms with Crippen molar-refractivity contribution in [2.24, 2.45) is 5.92 Å². The van der Waals surface area contributed by atoms with Gasteiger partial charge in [0.1, 0.15) is 12.1 Å². The van der Waals surface area contributed by atoms with Gasteiger partial charge in [0.15, 0.2) is 0 Å². The number of aromatic nitrogens is 1. The summed E-state index contributed by atoms with van der Waals surface area (Å²) in [6.45, 7) is 9.36. The highest BCUT2D eigenvalue weighted by Crippen LogP contribution is 2.27. The summed E-state index contributed by atoms with van der Waals surface area (Å²) in [5, 5.41) is 2.74. The van der Waals surface area contributed by atoms with Crippen molar-refractivity contribution in [3.63, 3.8) is 0 Å². The molecule has 5 heteroatoms. The van der Waals surface area contributed by atoms with E-state index in [0.29, 0.717) is 0 Å². The van der Waals surface area contributed by atoms with E-state index >= 15 is 0 Å². The van der Waals surface area contributed by atoms with Gasteiger partial charge in [-0.05, 0) is 38.8 Å². The molecule has 1 aliphatic rings. The van der Waals surface area contributed by atoms with Crippen LogP contribution in [0.25, 0.3) is 0 Å².